The number of rotatable bonds is 10. The van der Waals surface area contributed by atoms with Gasteiger partial charge in [-0.1, -0.05) is 12.1 Å². The summed E-state index contributed by atoms with van der Waals surface area (Å²) in [7, 11) is 0. The van der Waals surface area contributed by atoms with E-state index < -0.39 is 0 Å². The number of aliphatic imine (C=N–C) groups is 1. The predicted octanol–water partition coefficient (Wildman–Crippen LogP) is 3.93. The molecule has 8 heteroatoms. The molecule has 0 saturated heterocycles. The van der Waals surface area contributed by atoms with Gasteiger partial charge in [-0.15, -0.1) is 0 Å². The second kappa shape index (κ2) is 11.5. The second-order valence-corrected chi connectivity index (χ2v) is 6.81. The summed E-state index contributed by atoms with van der Waals surface area (Å²) in [6.07, 6.45) is 1.57. The van der Waals surface area contributed by atoms with E-state index in [9.17, 15) is 4.79 Å². The summed E-state index contributed by atoms with van der Waals surface area (Å²) in [4.78, 5) is 16.8. The molecule has 3 rings (SSSR count). The van der Waals surface area contributed by atoms with Crippen LogP contribution in [0.2, 0.25) is 0 Å². The van der Waals surface area contributed by atoms with E-state index in [0.717, 1.165) is 5.56 Å². The average Bonchev–Trinajstić information content (AvgIpc) is 3.32. The van der Waals surface area contributed by atoms with Crippen molar-refractivity contribution in [2.45, 2.75) is 26.9 Å². The van der Waals surface area contributed by atoms with E-state index in [4.69, 9.17) is 19.6 Å². The van der Waals surface area contributed by atoms with Crippen LogP contribution in [0, 0.1) is 0 Å². The van der Waals surface area contributed by atoms with Gasteiger partial charge in [0.1, 0.15) is 17.3 Å². The molecule has 0 aliphatic heterocycles. The van der Waals surface area contributed by atoms with E-state index in [1.54, 1.807) is 24.5 Å². The largest absolute Gasteiger partial charge is 0.494 e. The standard InChI is InChI=1S/C24H28N4O4/c1-3-30-19-10-11-22(31-4-2)21(14-19)28-24(25)27-15-17-7-5-8-18(13-17)23(29)26-16-20-9-6-12-32-20/h5-14H,3-4,15-16H2,1-2H3,(H,26,29)(H3,25,27,28). The lowest BCUT2D eigenvalue weighted by molar-refractivity contribution is 0.0948. The fourth-order valence-electron chi connectivity index (χ4n) is 2.99. The maximum atomic E-state index is 12.4. The van der Waals surface area contributed by atoms with Crippen molar-refractivity contribution in [3.05, 3.63) is 77.7 Å². The van der Waals surface area contributed by atoms with Crippen LogP contribution in [0.25, 0.3) is 0 Å². The van der Waals surface area contributed by atoms with Crippen molar-refractivity contribution < 1.29 is 18.7 Å². The third-order valence-electron chi connectivity index (χ3n) is 4.45. The molecule has 8 nitrogen and oxygen atoms in total. The van der Waals surface area contributed by atoms with Gasteiger partial charge in [0, 0.05) is 11.6 Å². The molecule has 32 heavy (non-hydrogen) atoms. The quantitative estimate of drug-likeness (QED) is 0.328. The van der Waals surface area contributed by atoms with Crippen molar-refractivity contribution in [1.29, 1.82) is 0 Å². The lowest BCUT2D eigenvalue weighted by Crippen LogP contribution is -2.23. The lowest BCUT2D eigenvalue weighted by Gasteiger charge is -2.14. The number of carbonyl (C=O) groups is 1. The molecule has 0 fully saturated rings. The van der Waals surface area contributed by atoms with E-state index >= 15 is 0 Å². The fraction of sp³-hybridized carbons (Fsp3) is 0.250. The van der Waals surface area contributed by atoms with Crippen molar-refractivity contribution in [1.82, 2.24) is 5.32 Å². The van der Waals surface area contributed by atoms with E-state index in [1.807, 2.05) is 50.2 Å². The third-order valence-corrected chi connectivity index (χ3v) is 4.45. The number of hydrogen-bond acceptors (Lipinski definition) is 5. The number of guanidine groups is 1. The van der Waals surface area contributed by atoms with Crippen LogP contribution in [0.15, 0.2) is 70.3 Å². The number of carbonyl (C=O) groups excluding carboxylic acids is 1. The van der Waals surface area contributed by atoms with Crippen LogP contribution >= 0.6 is 0 Å². The minimum absolute atomic E-state index is 0.188. The Morgan fingerprint density at radius 1 is 1.06 bits per heavy atom. The first-order valence-electron chi connectivity index (χ1n) is 10.4. The van der Waals surface area contributed by atoms with E-state index in [-0.39, 0.29) is 11.9 Å². The van der Waals surface area contributed by atoms with Gasteiger partial charge in [-0.2, -0.15) is 0 Å². The van der Waals surface area contributed by atoms with Gasteiger partial charge in [0.15, 0.2) is 5.96 Å². The average molecular weight is 437 g/mol. The van der Waals surface area contributed by atoms with Crippen LogP contribution in [0.5, 0.6) is 11.5 Å². The Labute approximate surface area is 187 Å². The van der Waals surface area contributed by atoms with Gasteiger partial charge in [0.05, 0.1) is 38.3 Å². The second-order valence-electron chi connectivity index (χ2n) is 6.81. The first kappa shape index (κ1) is 22.7. The Bertz CT molecular complexity index is 1050. The van der Waals surface area contributed by atoms with Crippen LogP contribution < -0.4 is 25.8 Å². The molecule has 0 atom stereocenters. The molecule has 2 aromatic carbocycles. The highest BCUT2D eigenvalue weighted by molar-refractivity contribution is 5.95. The summed E-state index contributed by atoms with van der Waals surface area (Å²) in [6, 6.07) is 16.3. The predicted molar refractivity (Wildman–Crippen MR) is 124 cm³/mol. The molecule has 0 radical (unpaired) electrons. The number of hydrogen-bond donors (Lipinski definition) is 3. The first-order valence-corrected chi connectivity index (χ1v) is 10.4. The highest BCUT2D eigenvalue weighted by Crippen LogP contribution is 2.29. The molecule has 168 valence electrons. The first-order chi connectivity index (χ1) is 15.6. The van der Waals surface area contributed by atoms with Crippen molar-refractivity contribution in [2.75, 3.05) is 18.5 Å². The minimum Gasteiger partial charge on any atom is -0.494 e. The Balaban J connectivity index is 1.64. The van der Waals surface area contributed by atoms with Gasteiger partial charge in [0.25, 0.3) is 5.91 Å². The minimum atomic E-state index is -0.188. The number of anilines is 1. The molecule has 0 saturated carbocycles. The van der Waals surface area contributed by atoms with E-state index in [0.29, 0.717) is 54.8 Å². The van der Waals surface area contributed by atoms with E-state index in [2.05, 4.69) is 15.6 Å². The number of nitrogens with two attached hydrogens (primary N) is 1. The molecule has 0 aliphatic rings. The van der Waals surface area contributed by atoms with Gasteiger partial charge in [0.2, 0.25) is 0 Å². The summed E-state index contributed by atoms with van der Waals surface area (Å²) in [5.74, 6) is 2.10. The van der Waals surface area contributed by atoms with Gasteiger partial charge in [-0.25, -0.2) is 4.99 Å². The maximum absolute atomic E-state index is 12.4. The number of nitrogens with zero attached hydrogens (tertiary/aromatic N) is 1. The monoisotopic (exact) mass is 436 g/mol. The molecule has 0 aliphatic carbocycles. The third kappa shape index (κ3) is 6.53. The zero-order valence-corrected chi connectivity index (χ0v) is 18.3. The van der Waals surface area contributed by atoms with Crippen molar-refractivity contribution >= 4 is 17.6 Å². The molecule has 1 amide bonds. The van der Waals surface area contributed by atoms with Crippen LogP contribution in [-0.2, 0) is 13.1 Å². The number of nitrogens with one attached hydrogen (secondary N) is 2. The molecule has 0 spiro atoms. The molecular formula is C24H28N4O4. The summed E-state index contributed by atoms with van der Waals surface area (Å²) >= 11 is 0. The summed E-state index contributed by atoms with van der Waals surface area (Å²) in [5, 5.41) is 5.90. The zero-order valence-electron chi connectivity index (χ0n) is 18.3. The Kier molecular flexibility index (Phi) is 8.14. The highest BCUT2D eigenvalue weighted by Gasteiger charge is 2.09. The van der Waals surface area contributed by atoms with Crippen molar-refractivity contribution in [3.63, 3.8) is 0 Å². The molecule has 4 N–H and O–H groups in total. The van der Waals surface area contributed by atoms with Gasteiger partial charge in [-0.05, 0) is 55.8 Å². The van der Waals surface area contributed by atoms with Crippen molar-refractivity contribution in [3.8, 4) is 11.5 Å². The molecule has 1 heterocycles. The topological polar surface area (TPSA) is 111 Å². The molecule has 0 unspecified atom stereocenters. The maximum Gasteiger partial charge on any atom is 0.251 e. The number of ether oxygens (including phenoxy) is 2. The normalized spacial score (nSPS) is 11.1. The zero-order chi connectivity index (χ0) is 22.8. The van der Waals surface area contributed by atoms with Crippen LogP contribution in [-0.4, -0.2) is 25.1 Å². The van der Waals surface area contributed by atoms with Gasteiger partial charge < -0.3 is 30.3 Å². The number of amides is 1. The fourth-order valence-corrected chi connectivity index (χ4v) is 2.99. The lowest BCUT2D eigenvalue weighted by atomic mass is 10.1. The smallest absolute Gasteiger partial charge is 0.251 e. The SMILES string of the molecule is CCOc1ccc(OCC)c(NC(N)=NCc2cccc(C(=O)NCc3ccco3)c2)c1. The highest BCUT2D eigenvalue weighted by atomic mass is 16.5. The van der Waals surface area contributed by atoms with Crippen LogP contribution in [0.1, 0.15) is 35.5 Å². The summed E-state index contributed by atoms with van der Waals surface area (Å²) in [6.45, 7) is 5.55. The molecule has 0 bridgehead atoms. The van der Waals surface area contributed by atoms with Gasteiger partial charge in [-0.3, -0.25) is 4.79 Å². The van der Waals surface area contributed by atoms with Crippen LogP contribution in [0.4, 0.5) is 5.69 Å². The molecule has 1 aromatic heterocycles. The number of furan rings is 1. The van der Waals surface area contributed by atoms with Crippen LogP contribution in [0.3, 0.4) is 0 Å². The Morgan fingerprint density at radius 2 is 1.91 bits per heavy atom. The molecule has 3 aromatic rings. The molecular weight excluding hydrogens is 408 g/mol. The summed E-state index contributed by atoms with van der Waals surface area (Å²) < 4.78 is 16.4. The summed E-state index contributed by atoms with van der Waals surface area (Å²) in [5.41, 5.74) is 8.16. The number of benzene rings is 2. The van der Waals surface area contributed by atoms with Gasteiger partial charge >= 0.3 is 0 Å². The van der Waals surface area contributed by atoms with E-state index in [1.165, 1.54) is 0 Å². The Morgan fingerprint density at radius 3 is 2.66 bits per heavy atom. The van der Waals surface area contributed by atoms with Crippen molar-refractivity contribution in [2.24, 2.45) is 10.7 Å². The Hall–Kier alpha value is -3.94.